The highest BCUT2D eigenvalue weighted by molar-refractivity contribution is 9.10. The maximum atomic E-state index is 13.0. The third-order valence-electron chi connectivity index (χ3n) is 4.63. The van der Waals surface area contributed by atoms with Crippen LogP contribution in [0.25, 0.3) is 5.69 Å². The molecule has 0 aliphatic rings. The summed E-state index contributed by atoms with van der Waals surface area (Å²) in [4.78, 5) is 25.9. The van der Waals surface area contributed by atoms with Gasteiger partial charge in [0.1, 0.15) is 11.4 Å². The summed E-state index contributed by atoms with van der Waals surface area (Å²) in [6.07, 6.45) is 1.45. The first-order chi connectivity index (χ1) is 15.0. The molecule has 0 saturated carbocycles. The number of nitrogens with one attached hydrogen (secondary N) is 2. The highest BCUT2D eigenvalue weighted by Crippen LogP contribution is 2.23. The molecule has 31 heavy (non-hydrogen) atoms. The van der Waals surface area contributed by atoms with Crippen molar-refractivity contribution in [3.05, 3.63) is 106 Å². The molecular formula is C24H19BrN4O2. The van der Waals surface area contributed by atoms with Crippen LogP contribution in [-0.4, -0.2) is 21.6 Å². The highest BCUT2D eigenvalue weighted by Gasteiger charge is 2.21. The number of rotatable bonds is 5. The number of amides is 2. The van der Waals surface area contributed by atoms with Crippen molar-refractivity contribution < 1.29 is 9.59 Å². The Morgan fingerprint density at radius 1 is 0.871 bits per heavy atom. The lowest BCUT2D eigenvalue weighted by atomic mass is 10.1. The molecule has 7 heteroatoms. The fraction of sp³-hybridized carbons (Fsp3) is 0.0417. The van der Waals surface area contributed by atoms with E-state index >= 15 is 0 Å². The average molecular weight is 475 g/mol. The van der Waals surface area contributed by atoms with E-state index in [1.165, 1.54) is 6.20 Å². The molecule has 0 aliphatic carbocycles. The zero-order chi connectivity index (χ0) is 21.8. The van der Waals surface area contributed by atoms with E-state index in [1.807, 2.05) is 61.5 Å². The molecule has 0 bridgehead atoms. The molecule has 1 heterocycles. The monoisotopic (exact) mass is 474 g/mol. The summed E-state index contributed by atoms with van der Waals surface area (Å²) in [5, 5.41) is 10.1. The highest BCUT2D eigenvalue weighted by atomic mass is 79.9. The minimum Gasteiger partial charge on any atom is -0.322 e. The lowest BCUT2D eigenvalue weighted by Crippen LogP contribution is -2.19. The van der Waals surface area contributed by atoms with Crippen LogP contribution >= 0.6 is 15.9 Å². The Kier molecular flexibility index (Phi) is 5.95. The third-order valence-corrected chi connectivity index (χ3v) is 5.16. The van der Waals surface area contributed by atoms with E-state index in [9.17, 15) is 9.59 Å². The van der Waals surface area contributed by atoms with Crippen LogP contribution in [0.3, 0.4) is 0 Å². The summed E-state index contributed by atoms with van der Waals surface area (Å²) in [5.41, 5.74) is 3.09. The Labute approximate surface area is 188 Å². The molecule has 6 nitrogen and oxygen atoms in total. The van der Waals surface area contributed by atoms with E-state index in [1.54, 1.807) is 28.9 Å². The number of hydrogen-bond acceptors (Lipinski definition) is 3. The number of halogens is 1. The van der Waals surface area contributed by atoms with Gasteiger partial charge in [0.2, 0.25) is 0 Å². The van der Waals surface area contributed by atoms with Crippen LogP contribution in [0.1, 0.15) is 26.3 Å². The van der Waals surface area contributed by atoms with Crippen molar-refractivity contribution >= 4 is 39.2 Å². The number of aryl methyl sites for hydroxylation is 1. The predicted molar refractivity (Wildman–Crippen MR) is 125 cm³/mol. The molecule has 4 rings (SSSR count). The van der Waals surface area contributed by atoms with Crippen LogP contribution in [0.5, 0.6) is 0 Å². The molecule has 2 N–H and O–H groups in total. The van der Waals surface area contributed by atoms with Crippen LogP contribution in [0, 0.1) is 6.92 Å². The van der Waals surface area contributed by atoms with Gasteiger partial charge in [-0.1, -0.05) is 51.8 Å². The van der Waals surface area contributed by atoms with Crippen LogP contribution in [0.15, 0.2) is 89.5 Å². The van der Waals surface area contributed by atoms with E-state index in [0.717, 1.165) is 15.7 Å². The van der Waals surface area contributed by atoms with Gasteiger partial charge in [-0.2, -0.15) is 5.10 Å². The van der Waals surface area contributed by atoms with Gasteiger partial charge in [-0.05, 0) is 55.5 Å². The van der Waals surface area contributed by atoms with E-state index in [0.29, 0.717) is 17.1 Å². The molecule has 0 atom stereocenters. The van der Waals surface area contributed by atoms with E-state index in [2.05, 4.69) is 31.7 Å². The van der Waals surface area contributed by atoms with Crippen molar-refractivity contribution in [1.29, 1.82) is 0 Å². The van der Waals surface area contributed by atoms with Gasteiger partial charge >= 0.3 is 0 Å². The van der Waals surface area contributed by atoms with E-state index < -0.39 is 0 Å². The number of nitrogens with zero attached hydrogens (tertiary/aromatic N) is 2. The first-order valence-electron chi connectivity index (χ1n) is 9.59. The smallest absolute Gasteiger partial charge is 0.261 e. The summed E-state index contributed by atoms with van der Waals surface area (Å²) in [6.45, 7) is 1.92. The lowest BCUT2D eigenvalue weighted by Gasteiger charge is -2.12. The van der Waals surface area contributed by atoms with Gasteiger partial charge in [-0.15, -0.1) is 0 Å². The fourth-order valence-corrected chi connectivity index (χ4v) is 3.36. The predicted octanol–water partition coefficient (Wildman–Crippen LogP) is 5.45. The summed E-state index contributed by atoms with van der Waals surface area (Å²) in [6, 6.07) is 23.8. The van der Waals surface area contributed by atoms with Crippen molar-refractivity contribution in [3.63, 3.8) is 0 Å². The van der Waals surface area contributed by atoms with Crippen molar-refractivity contribution in [2.45, 2.75) is 6.92 Å². The van der Waals surface area contributed by atoms with Crippen molar-refractivity contribution in [2.75, 3.05) is 10.6 Å². The summed E-state index contributed by atoms with van der Waals surface area (Å²) < 4.78 is 2.46. The van der Waals surface area contributed by atoms with Crippen LogP contribution in [0.2, 0.25) is 0 Å². The number of carbonyl (C=O) groups excluding carboxylic acids is 2. The van der Waals surface area contributed by atoms with Crippen LogP contribution in [0.4, 0.5) is 11.5 Å². The molecule has 0 radical (unpaired) electrons. The Bertz CT molecular complexity index is 1230. The molecular weight excluding hydrogens is 456 g/mol. The molecule has 0 spiro atoms. The Balaban J connectivity index is 1.70. The number of hydrogen-bond donors (Lipinski definition) is 2. The summed E-state index contributed by atoms with van der Waals surface area (Å²) >= 11 is 3.38. The second-order valence-electron chi connectivity index (χ2n) is 6.94. The number of benzene rings is 3. The molecule has 2 amide bonds. The first-order valence-corrected chi connectivity index (χ1v) is 10.4. The average Bonchev–Trinajstić information content (AvgIpc) is 3.19. The SMILES string of the molecule is Cc1cccc(C(=O)Nc2c(C(=O)Nc3ccc(Br)cc3)cnn2-c2ccccc2)c1. The zero-order valence-electron chi connectivity index (χ0n) is 16.7. The fourth-order valence-electron chi connectivity index (χ4n) is 3.10. The second-order valence-corrected chi connectivity index (χ2v) is 7.85. The Morgan fingerprint density at radius 3 is 2.32 bits per heavy atom. The van der Waals surface area contributed by atoms with Crippen molar-refractivity contribution in [2.24, 2.45) is 0 Å². The van der Waals surface area contributed by atoms with Gasteiger partial charge in [-0.25, -0.2) is 4.68 Å². The Hall–Kier alpha value is -3.71. The third kappa shape index (κ3) is 4.73. The van der Waals surface area contributed by atoms with Gasteiger partial charge in [-0.3, -0.25) is 9.59 Å². The molecule has 0 fully saturated rings. The minimum atomic E-state index is -0.371. The lowest BCUT2D eigenvalue weighted by molar-refractivity contribution is 0.102. The standard InChI is InChI=1S/C24H19BrN4O2/c1-16-6-5-7-17(14-16)23(30)28-22-21(15-26-29(22)20-8-3-2-4-9-20)24(31)27-19-12-10-18(25)11-13-19/h2-15H,1H3,(H,27,31)(H,28,30). The molecule has 154 valence electrons. The normalized spacial score (nSPS) is 10.5. The maximum Gasteiger partial charge on any atom is 0.261 e. The molecule has 0 unspecified atom stereocenters. The Morgan fingerprint density at radius 2 is 1.61 bits per heavy atom. The second kappa shape index (κ2) is 8.97. The van der Waals surface area contributed by atoms with Crippen LogP contribution in [-0.2, 0) is 0 Å². The van der Waals surface area contributed by atoms with Gasteiger partial charge in [0, 0.05) is 15.7 Å². The molecule has 4 aromatic rings. The van der Waals surface area contributed by atoms with Gasteiger partial charge < -0.3 is 10.6 Å². The quantitative estimate of drug-likeness (QED) is 0.403. The van der Waals surface area contributed by atoms with Gasteiger partial charge in [0.15, 0.2) is 0 Å². The largest absolute Gasteiger partial charge is 0.322 e. The maximum absolute atomic E-state index is 13.0. The zero-order valence-corrected chi connectivity index (χ0v) is 18.3. The molecule has 3 aromatic carbocycles. The first kappa shape index (κ1) is 20.6. The van der Waals surface area contributed by atoms with Crippen molar-refractivity contribution in [3.8, 4) is 5.69 Å². The number of carbonyl (C=O) groups is 2. The van der Waals surface area contributed by atoms with Gasteiger partial charge in [0.05, 0.1) is 11.9 Å². The number of anilines is 2. The topological polar surface area (TPSA) is 76.0 Å². The summed E-state index contributed by atoms with van der Waals surface area (Å²) in [5.74, 6) is -0.393. The van der Waals surface area contributed by atoms with Crippen molar-refractivity contribution in [1.82, 2.24) is 9.78 Å². The molecule has 0 aliphatic heterocycles. The van der Waals surface area contributed by atoms with E-state index in [4.69, 9.17) is 0 Å². The molecule has 1 aromatic heterocycles. The van der Waals surface area contributed by atoms with Gasteiger partial charge in [0.25, 0.3) is 11.8 Å². The minimum absolute atomic E-state index is 0.257. The van der Waals surface area contributed by atoms with E-state index in [-0.39, 0.29) is 17.4 Å². The number of aromatic nitrogens is 2. The summed E-state index contributed by atoms with van der Waals surface area (Å²) in [7, 11) is 0. The molecule has 0 saturated heterocycles. The number of para-hydroxylation sites is 1. The van der Waals surface area contributed by atoms with Crippen LogP contribution < -0.4 is 10.6 Å².